The maximum absolute atomic E-state index is 6.46. The molecule has 57 heavy (non-hydrogen) atoms. The summed E-state index contributed by atoms with van der Waals surface area (Å²) < 4.78 is 8.75. The van der Waals surface area contributed by atoms with Crippen LogP contribution < -0.4 is 5.19 Å². The van der Waals surface area contributed by atoms with Crippen molar-refractivity contribution in [2.24, 2.45) is 0 Å². The number of aromatic nitrogens is 4. The first-order valence-corrected chi connectivity index (χ1v) is 22.9. The van der Waals surface area contributed by atoms with Crippen molar-refractivity contribution in [2.45, 2.75) is 59.2 Å². The van der Waals surface area contributed by atoms with Crippen molar-refractivity contribution in [3.63, 3.8) is 0 Å². The van der Waals surface area contributed by atoms with Gasteiger partial charge in [0.15, 0.2) is 0 Å². The molecule has 5 aromatic carbocycles. The number of hydrogen-bond acceptors (Lipinski definition) is 4. The SMILES string of the molecule is CC(C)c1cc(-c2ccccc2)cc(C(C)C)c1-n1c(-c2[c-]ccc3c2oc2ccccc23)nc2ccncc21.C[Si](C)(C)c1ccc(-c2[c-]cccc2)nc1.[Ir]. The molecule has 0 bridgehead atoms. The summed E-state index contributed by atoms with van der Waals surface area (Å²) in [5.74, 6) is 1.37. The molecule has 9 aromatic rings. The van der Waals surface area contributed by atoms with Gasteiger partial charge in [-0.1, -0.05) is 119 Å². The normalized spacial score (nSPS) is 11.6. The van der Waals surface area contributed by atoms with E-state index in [0.29, 0.717) is 0 Å². The monoisotopic (exact) mass is 939 g/mol. The molecule has 4 aromatic heterocycles. The van der Waals surface area contributed by atoms with Gasteiger partial charge in [-0.15, -0.1) is 54.1 Å². The number of hydrogen-bond donors (Lipinski definition) is 0. The van der Waals surface area contributed by atoms with Gasteiger partial charge in [-0.3, -0.25) is 9.97 Å². The van der Waals surface area contributed by atoms with Crippen molar-refractivity contribution in [3.8, 4) is 39.5 Å². The fourth-order valence-corrected chi connectivity index (χ4v) is 8.37. The third kappa shape index (κ3) is 7.93. The van der Waals surface area contributed by atoms with Crippen LogP contribution in [0.15, 0.2) is 144 Å². The van der Waals surface area contributed by atoms with Crippen molar-refractivity contribution in [1.82, 2.24) is 19.5 Å². The average Bonchev–Trinajstić information content (AvgIpc) is 3.80. The Hall–Kier alpha value is -5.46. The first kappa shape index (κ1) is 39.8. The first-order valence-electron chi connectivity index (χ1n) is 19.4. The molecule has 7 heteroatoms. The van der Waals surface area contributed by atoms with Crippen LogP contribution in [0.5, 0.6) is 0 Å². The number of furan rings is 1. The van der Waals surface area contributed by atoms with Crippen molar-refractivity contribution < 1.29 is 24.5 Å². The largest absolute Gasteiger partial charge is 0.501 e. The predicted octanol–water partition coefficient (Wildman–Crippen LogP) is 12.8. The third-order valence-electron chi connectivity index (χ3n) is 10.4. The molecule has 0 saturated heterocycles. The minimum atomic E-state index is -1.23. The predicted molar refractivity (Wildman–Crippen MR) is 236 cm³/mol. The van der Waals surface area contributed by atoms with Crippen LogP contribution in [-0.2, 0) is 20.1 Å². The molecule has 0 aliphatic carbocycles. The minimum Gasteiger partial charge on any atom is -0.501 e. The molecule has 9 rings (SSSR count). The second-order valence-electron chi connectivity index (χ2n) is 16.0. The van der Waals surface area contributed by atoms with Gasteiger partial charge in [0.1, 0.15) is 5.58 Å². The van der Waals surface area contributed by atoms with Crippen LogP contribution in [0.4, 0.5) is 0 Å². The van der Waals surface area contributed by atoms with Crippen LogP contribution >= 0.6 is 0 Å². The average molecular weight is 939 g/mol. The van der Waals surface area contributed by atoms with E-state index in [0.717, 1.165) is 61.3 Å². The van der Waals surface area contributed by atoms with Crippen LogP contribution in [0.25, 0.3) is 72.4 Å². The Balaban J connectivity index is 0.000000246. The summed E-state index contributed by atoms with van der Waals surface area (Å²) in [5, 5.41) is 3.55. The smallest absolute Gasteiger partial charge is 0.120 e. The van der Waals surface area contributed by atoms with E-state index in [1.165, 1.54) is 27.4 Å². The fraction of sp³-hybridized carbons (Fsp3) is 0.180. The molecule has 0 aliphatic heterocycles. The molecule has 0 saturated carbocycles. The van der Waals surface area contributed by atoms with Gasteiger partial charge >= 0.3 is 0 Å². The molecular weight excluding hydrogens is 893 g/mol. The Morgan fingerprint density at radius 1 is 0.684 bits per heavy atom. The Labute approximate surface area is 350 Å². The Bertz CT molecular complexity index is 2750. The molecule has 0 spiro atoms. The van der Waals surface area contributed by atoms with E-state index >= 15 is 0 Å². The van der Waals surface area contributed by atoms with E-state index in [1.54, 1.807) is 6.20 Å². The van der Waals surface area contributed by atoms with Crippen LogP contribution in [0, 0.1) is 12.1 Å². The molecule has 0 atom stereocenters. The fourth-order valence-electron chi connectivity index (χ4n) is 7.34. The second-order valence-corrected chi connectivity index (χ2v) is 21.0. The standard InChI is InChI=1S/C36H30N3O.C14H16NSi.Ir/c1-22(2)29-19-25(24-11-6-5-7-12-24)20-30(23(3)4)34(29)39-32-21-37-18-17-31(32)38-36(39)28-15-10-14-27-26-13-8-9-16-33(26)40-35(27)28;1-16(2,3)13-9-10-14(15-11-13)12-7-5-4-6-8-12;/h5-14,16-23H,1-4H3;4-7,9-11H,1-3H3;/q2*-1;. The van der Waals surface area contributed by atoms with Crippen LogP contribution in [-0.4, -0.2) is 27.6 Å². The number of rotatable bonds is 7. The zero-order chi connectivity index (χ0) is 39.0. The maximum Gasteiger partial charge on any atom is 0.120 e. The number of benzene rings is 5. The van der Waals surface area contributed by atoms with Crippen LogP contribution in [0.1, 0.15) is 50.7 Å². The summed E-state index contributed by atoms with van der Waals surface area (Å²) >= 11 is 0. The van der Waals surface area contributed by atoms with Gasteiger partial charge in [0, 0.05) is 43.6 Å². The van der Waals surface area contributed by atoms with Crippen molar-refractivity contribution in [2.75, 3.05) is 0 Å². The number of imidazole rings is 1. The van der Waals surface area contributed by atoms with E-state index in [9.17, 15) is 0 Å². The molecule has 0 aliphatic rings. The van der Waals surface area contributed by atoms with Crippen molar-refractivity contribution in [1.29, 1.82) is 0 Å². The molecule has 0 fully saturated rings. The molecule has 4 heterocycles. The van der Waals surface area contributed by atoms with E-state index in [2.05, 4.69) is 141 Å². The van der Waals surface area contributed by atoms with Gasteiger partial charge in [0.2, 0.25) is 0 Å². The summed E-state index contributed by atoms with van der Waals surface area (Å²) in [6.45, 7) is 16.1. The Morgan fingerprint density at radius 2 is 1.40 bits per heavy atom. The summed E-state index contributed by atoms with van der Waals surface area (Å²) in [6.07, 6.45) is 5.74. The molecule has 1 radical (unpaired) electrons. The quantitative estimate of drug-likeness (QED) is 0.118. The maximum atomic E-state index is 6.46. The van der Waals surface area contributed by atoms with Gasteiger partial charge in [0.25, 0.3) is 0 Å². The van der Waals surface area contributed by atoms with Crippen LogP contribution in [0.2, 0.25) is 19.6 Å². The van der Waals surface area contributed by atoms with Gasteiger partial charge in [-0.05, 0) is 69.2 Å². The van der Waals surface area contributed by atoms with Crippen molar-refractivity contribution in [3.05, 3.63) is 163 Å². The van der Waals surface area contributed by atoms with Gasteiger partial charge in [-0.25, -0.2) is 0 Å². The van der Waals surface area contributed by atoms with Crippen LogP contribution in [0.3, 0.4) is 0 Å². The molecule has 0 amide bonds. The van der Waals surface area contributed by atoms with E-state index in [4.69, 9.17) is 9.40 Å². The van der Waals surface area contributed by atoms with Gasteiger partial charge in [-0.2, -0.15) is 0 Å². The van der Waals surface area contributed by atoms with E-state index in [-0.39, 0.29) is 31.9 Å². The van der Waals surface area contributed by atoms with E-state index in [1.807, 2.05) is 67.0 Å². The zero-order valence-electron chi connectivity index (χ0n) is 33.5. The minimum absolute atomic E-state index is 0. The van der Waals surface area contributed by atoms with Crippen molar-refractivity contribution >= 4 is 46.2 Å². The first-order chi connectivity index (χ1) is 27.1. The van der Waals surface area contributed by atoms with Gasteiger partial charge < -0.3 is 14.0 Å². The topological polar surface area (TPSA) is 56.7 Å². The number of pyridine rings is 2. The molecular formula is C50H46IrN4OSi-2. The zero-order valence-corrected chi connectivity index (χ0v) is 36.9. The molecule has 0 N–H and O–H groups in total. The Kier molecular flexibility index (Phi) is 11.6. The molecule has 5 nitrogen and oxygen atoms in total. The van der Waals surface area contributed by atoms with E-state index < -0.39 is 8.07 Å². The number of nitrogens with zero attached hydrogens (tertiary/aromatic N) is 4. The third-order valence-corrected chi connectivity index (χ3v) is 12.4. The number of para-hydroxylation sites is 1. The summed E-state index contributed by atoms with van der Waals surface area (Å²) in [5.41, 5.74) is 12.6. The number of fused-ring (bicyclic) bond motifs is 4. The summed E-state index contributed by atoms with van der Waals surface area (Å²) in [4.78, 5) is 14.2. The molecule has 287 valence electrons. The summed E-state index contributed by atoms with van der Waals surface area (Å²) in [6, 6.07) is 48.5. The second kappa shape index (κ2) is 16.6. The molecule has 0 unspecified atom stereocenters. The van der Waals surface area contributed by atoms with Gasteiger partial charge in [0.05, 0.1) is 36.7 Å². The summed E-state index contributed by atoms with van der Waals surface area (Å²) in [7, 11) is -1.23. The Morgan fingerprint density at radius 3 is 2.07 bits per heavy atom.